The number of hydrazine groups is 1. The van der Waals surface area contributed by atoms with Crippen LogP contribution in [0.4, 0.5) is 0 Å². The first-order valence-corrected chi connectivity index (χ1v) is 12.1. The highest BCUT2D eigenvalue weighted by Gasteiger charge is 2.27. The molecular weight excluding hydrogens is 459 g/mol. The fourth-order valence-corrected chi connectivity index (χ4v) is 4.87. The lowest BCUT2D eigenvalue weighted by molar-refractivity contribution is 0.0463. The highest BCUT2D eigenvalue weighted by molar-refractivity contribution is 6.35. The number of nitrogens with zero attached hydrogens (tertiary/aromatic N) is 3. The van der Waals surface area contributed by atoms with Crippen LogP contribution >= 0.6 is 23.2 Å². The summed E-state index contributed by atoms with van der Waals surface area (Å²) in [6, 6.07) is 13.7. The fourth-order valence-electron chi connectivity index (χ4n) is 4.38. The van der Waals surface area contributed by atoms with Gasteiger partial charge in [0.05, 0.1) is 22.5 Å². The summed E-state index contributed by atoms with van der Waals surface area (Å²) in [7, 11) is 0. The van der Waals surface area contributed by atoms with Crippen molar-refractivity contribution in [1.82, 2.24) is 20.2 Å². The maximum Gasteiger partial charge on any atom is 0.286 e. The van der Waals surface area contributed by atoms with Crippen LogP contribution in [0.3, 0.4) is 0 Å². The van der Waals surface area contributed by atoms with E-state index in [9.17, 15) is 9.90 Å². The zero-order chi connectivity index (χ0) is 23.1. The van der Waals surface area contributed by atoms with Gasteiger partial charge in [-0.25, -0.2) is 9.69 Å². The lowest BCUT2D eigenvalue weighted by Gasteiger charge is -2.29. The van der Waals surface area contributed by atoms with E-state index in [4.69, 9.17) is 28.3 Å². The monoisotopic (exact) mass is 484 g/mol. The Hall–Kier alpha value is -2.38. The third-order valence-electron chi connectivity index (χ3n) is 6.43. The van der Waals surface area contributed by atoms with Gasteiger partial charge in [-0.05, 0) is 62.3 Å². The van der Waals surface area contributed by atoms with E-state index < -0.39 is 0 Å². The molecule has 1 aromatic heterocycles. The Morgan fingerprint density at radius 3 is 2.39 bits per heavy atom. The second-order valence-corrected chi connectivity index (χ2v) is 9.73. The molecule has 6 nitrogen and oxygen atoms in total. The number of aliphatic hydroxyl groups is 1. The molecule has 2 N–H and O–H groups in total. The molecule has 1 aliphatic carbocycles. The van der Waals surface area contributed by atoms with Gasteiger partial charge in [-0.1, -0.05) is 47.5 Å². The zero-order valence-corrected chi connectivity index (χ0v) is 19.9. The van der Waals surface area contributed by atoms with Gasteiger partial charge >= 0.3 is 0 Å². The van der Waals surface area contributed by atoms with Crippen LogP contribution in [0.5, 0.6) is 0 Å². The number of benzene rings is 2. The van der Waals surface area contributed by atoms with Crippen LogP contribution in [0.1, 0.15) is 53.2 Å². The van der Waals surface area contributed by atoms with E-state index in [0.29, 0.717) is 53.3 Å². The largest absolute Gasteiger partial charge is 0.393 e. The number of hydrogen-bond acceptors (Lipinski definition) is 4. The molecule has 2 heterocycles. The third kappa shape index (κ3) is 4.66. The van der Waals surface area contributed by atoms with Crippen LogP contribution in [-0.2, 0) is 0 Å². The van der Waals surface area contributed by atoms with Gasteiger partial charge < -0.3 is 5.11 Å². The van der Waals surface area contributed by atoms with Gasteiger partial charge in [0.25, 0.3) is 5.91 Å². The number of amides is 1. The standard InChI is InChI=1S/C25H26Cl2N4O2/c1-15-23(25(33)29-30-12-10-20(32)11-13-30)28-31(22-9-8-19(26)14-21(22)27)24(15)18-6-4-17(5-7-18)16-2-3-16/h4-9,14,16,20,32H,2-3,10-13H2,1H3,(H,29,33). The first-order chi connectivity index (χ1) is 15.9. The Morgan fingerprint density at radius 2 is 1.76 bits per heavy atom. The molecule has 0 radical (unpaired) electrons. The molecule has 3 aromatic rings. The Labute approximate surface area is 203 Å². The molecule has 2 fully saturated rings. The molecule has 2 aromatic carbocycles. The minimum Gasteiger partial charge on any atom is -0.393 e. The fraction of sp³-hybridized carbons (Fsp3) is 0.360. The van der Waals surface area contributed by atoms with E-state index in [0.717, 1.165) is 16.8 Å². The lowest BCUT2D eigenvalue weighted by atomic mass is 10.0. The summed E-state index contributed by atoms with van der Waals surface area (Å²) in [5.74, 6) is 0.392. The number of piperidine rings is 1. The van der Waals surface area contributed by atoms with Crippen molar-refractivity contribution in [2.45, 2.75) is 44.6 Å². The van der Waals surface area contributed by atoms with Gasteiger partial charge in [-0.15, -0.1) is 0 Å². The lowest BCUT2D eigenvalue weighted by Crippen LogP contribution is -2.47. The molecule has 8 heteroatoms. The smallest absolute Gasteiger partial charge is 0.286 e. The minimum absolute atomic E-state index is 0.274. The topological polar surface area (TPSA) is 70.4 Å². The molecule has 0 unspecified atom stereocenters. The first kappa shape index (κ1) is 22.4. The molecule has 1 saturated carbocycles. The van der Waals surface area contributed by atoms with Crippen molar-refractivity contribution >= 4 is 29.1 Å². The summed E-state index contributed by atoms with van der Waals surface area (Å²) in [6.07, 6.45) is 3.44. The predicted octanol–water partition coefficient (Wildman–Crippen LogP) is 5.13. The van der Waals surface area contributed by atoms with Crippen molar-refractivity contribution in [1.29, 1.82) is 0 Å². The summed E-state index contributed by atoms with van der Waals surface area (Å²) >= 11 is 12.6. The van der Waals surface area contributed by atoms with Gasteiger partial charge in [0, 0.05) is 29.2 Å². The average Bonchev–Trinajstić information content (AvgIpc) is 3.59. The average molecular weight is 485 g/mol. The Balaban J connectivity index is 1.54. The van der Waals surface area contributed by atoms with Crippen LogP contribution in [0.15, 0.2) is 42.5 Å². The molecule has 1 aliphatic heterocycles. The van der Waals surface area contributed by atoms with Crippen molar-refractivity contribution in [2.75, 3.05) is 13.1 Å². The van der Waals surface area contributed by atoms with Crippen molar-refractivity contribution in [3.05, 3.63) is 69.3 Å². The molecular formula is C25H26Cl2N4O2. The van der Waals surface area contributed by atoms with Crippen LogP contribution in [0, 0.1) is 6.92 Å². The van der Waals surface area contributed by atoms with Gasteiger partial charge in [-0.3, -0.25) is 10.2 Å². The number of carbonyl (C=O) groups excluding carboxylic acids is 1. The van der Waals surface area contributed by atoms with Crippen LogP contribution in [0.2, 0.25) is 10.0 Å². The second-order valence-electron chi connectivity index (χ2n) is 8.89. The summed E-state index contributed by atoms with van der Waals surface area (Å²) in [4.78, 5) is 13.2. The van der Waals surface area contributed by atoms with Gasteiger partial charge in [0.15, 0.2) is 5.69 Å². The number of rotatable bonds is 5. The summed E-state index contributed by atoms with van der Waals surface area (Å²) in [5, 5.41) is 17.3. The number of carbonyl (C=O) groups is 1. The van der Waals surface area contributed by atoms with Gasteiger partial charge in [-0.2, -0.15) is 5.10 Å². The van der Waals surface area contributed by atoms with E-state index in [1.165, 1.54) is 18.4 Å². The second kappa shape index (κ2) is 9.11. The highest BCUT2D eigenvalue weighted by atomic mass is 35.5. The normalized spacial score (nSPS) is 17.3. The van der Waals surface area contributed by atoms with Gasteiger partial charge in [0.1, 0.15) is 0 Å². The molecule has 172 valence electrons. The summed E-state index contributed by atoms with van der Waals surface area (Å²) in [5.41, 5.74) is 7.85. The minimum atomic E-state index is -0.309. The number of aromatic nitrogens is 2. The van der Waals surface area contributed by atoms with Crippen molar-refractivity contribution in [2.24, 2.45) is 0 Å². The number of hydrogen-bond donors (Lipinski definition) is 2. The maximum atomic E-state index is 13.2. The quantitative estimate of drug-likeness (QED) is 0.526. The first-order valence-electron chi connectivity index (χ1n) is 11.3. The van der Waals surface area contributed by atoms with Crippen molar-refractivity contribution in [3.63, 3.8) is 0 Å². The molecule has 5 rings (SSSR count). The van der Waals surface area contributed by atoms with E-state index >= 15 is 0 Å². The molecule has 0 bridgehead atoms. The molecule has 1 saturated heterocycles. The molecule has 0 spiro atoms. The Bertz CT molecular complexity index is 1180. The zero-order valence-electron chi connectivity index (χ0n) is 18.4. The third-order valence-corrected chi connectivity index (χ3v) is 6.97. The van der Waals surface area contributed by atoms with Crippen LogP contribution in [-0.4, -0.2) is 45.0 Å². The Morgan fingerprint density at radius 1 is 1.06 bits per heavy atom. The summed E-state index contributed by atoms with van der Waals surface area (Å²) < 4.78 is 1.73. The molecule has 1 amide bonds. The van der Waals surface area contributed by atoms with Crippen molar-refractivity contribution < 1.29 is 9.90 Å². The molecule has 0 atom stereocenters. The van der Waals surface area contributed by atoms with Crippen LogP contribution in [0.25, 0.3) is 16.9 Å². The Kier molecular flexibility index (Phi) is 6.18. The number of halogens is 2. The molecule has 2 aliphatic rings. The van der Waals surface area contributed by atoms with E-state index in [-0.39, 0.29) is 12.0 Å². The number of aliphatic hydroxyl groups excluding tert-OH is 1. The van der Waals surface area contributed by atoms with E-state index in [2.05, 4.69) is 29.7 Å². The number of nitrogens with one attached hydrogen (secondary N) is 1. The maximum absolute atomic E-state index is 13.2. The highest BCUT2D eigenvalue weighted by Crippen LogP contribution is 2.41. The SMILES string of the molecule is Cc1c(C(=O)NN2CCC(O)CC2)nn(-c2ccc(Cl)cc2Cl)c1-c1ccc(C2CC2)cc1. The summed E-state index contributed by atoms with van der Waals surface area (Å²) in [6.45, 7) is 3.11. The van der Waals surface area contributed by atoms with Crippen LogP contribution < -0.4 is 5.43 Å². The predicted molar refractivity (Wildman–Crippen MR) is 130 cm³/mol. The van der Waals surface area contributed by atoms with Crippen molar-refractivity contribution in [3.8, 4) is 16.9 Å². The molecule has 33 heavy (non-hydrogen) atoms. The van der Waals surface area contributed by atoms with Gasteiger partial charge in [0.2, 0.25) is 0 Å². The van der Waals surface area contributed by atoms with E-state index in [1.54, 1.807) is 16.8 Å². The van der Waals surface area contributed by atoms with E-state index in [1.807, 2.05) is 18.0 Å².